The lowest BCUT2D eigenvalue weighted by molar-refractivity contribution is -0.138. The van der Waals surface area contributed by atoms with Gasteiger partial charge in [0, 0.05) is 17.7 Å². The molecule has 1 aliphatic carbocycles. The van der Waals surface area contributed by atoms with Crippen molar-refractivity contribution < 1.29 is 14.7 Å². The number of nitrogens with zero attached hydrogens (tertiary/aromatic N) is 1. The Labute approximate surface area is 194 Å². The molecule has 3 aromatic rings. The van der Waals surface area contributed by atoms with Crippen LogP contribution >= 0.6 is 0 Å². The SMILES string of the molecule is Cc1ccccc1NC(=O)Nc1ccc(-c2ccc(C3CCC(CC(=O)O)CC3)cc2)nc1. The molecule has 6 nitrogen and oxygen atoms in total. The first-order valence-corrected chi connectivity index (χ1v) is 11.4. The fraction of sp³-hybridized carbons (Fsp3) is 0.296. The van der Waals surface area contributed by atoms with Crippen LogP contribution < -0.4 is 10.6 Å². The van der Waals surface area contributed by atoms with Gasteiger partial charge in [-0.1, -0.05) is 42.5 Å². The van der Waals surface area contributed by atoms with Crippen molar-refractivity contribution >= 4 is 23.4 Å². The Bertz CT molecular complexity index is 1100. The zero-order chi connectivity index (χ0) is 23.2. The zero-order valence-electron chi connectivity index (χ0n) is 18.8. The van der Waals surface area contributed by atoms with E-state index >= 15 is 0 Å². The van der Waals surface area contributed by atoms with Gasteiger partial charge in [-0.05, 0) is 73.8 Å². The minimum absolute atomic E-state index is 0.287. The summed E-state index contributed by atoms with van der Waals surface area (Å²) in [5, 5.41) is 14.6. The number of aliphatic carboxylic acids is 1. The van der Waals surface area contributed by atoms with Crippen molar-refractivity contribution in [2.45, 2.75) is 44.9 Å². The van der Waals surface area contributed by atoms with Crippen LogP contribution in [0, 0.1) is 12.8 Å². The molecule has 1 aromatic heterocycles. The molecule has 0 spiro atoms. The first-order valence-electron chi connectivity index (χ1n) is 11.4. The van der Waals surface area contributed by atoms with E-state index in [1.807, 2.05) is 43.3 Å². The highest BCUT2D eigenvalue weighted by molar-refractivity contribution is 6.00. The lowest BCUT2D eigenvalue weighted by atomic mass is 9.77. The summed E-state index contributed by atoms with van der Waals surface area (Å²) in [4.78, 5) is 27.7. The molecule has 4 rings (SSSR count). The third-order valence-electron chi connectivity index (χ3n) is 6.40. The number of carboxylic acid groups (broad SMARTS) is 1. The van der Waals surface area contributed by atoms with E-state index in [2.05, 4.69) is 39.9 Å². The number of amides is 2. The van der Waals surface area contributed by atoms with E-state index in [1.165, 1.54) is 5.56 Å². The Morgan fingerprint density at radius 3 is 2.30 bits per heavy atom. The van der Waals surface area contributed by atoms with Crippen molar-refractivity contribution in [1.82, 2.24) is 4.98 Å². The Hall–Kier alpha value is -3.67. The highest BCUT2D eigenvalue weighted by Gasteiger charge is 2.24. The number of pyridine rings is 1. The number of hydrogen-bond donors (Lipinski definition) is 3. The van der Waals surface area contributed by atoms with Crippen molar-refractivity contribution in [3.8, 4) is 11.3 Å². The molecule has 1 fully saturated rings. The first kappa shape index (κ1) is 22.5. The van der Waals surface area contributed by atoms with Crippen LogP contribution in [0.25, 0.3) is 11.3 Å². The summed E-state index contributed by atoms with van der Waals surface area (Å²) in [5.41, 5.74) is 5.57. The standard InChI is InChI=1S/C27H29N3O3/c1-18-4-2-3-5-24(18)30-27(33)29-23-14-15-25(28-17-23)22-12-10-21(11-13-22)20-8-6-19(7-9-20)16-26(31)32/h2-5,10-15,17,19-20H,6-9,16H2,1H3,(H,31,32)(H2,29,30,33). The molecule has 0 atom stereocenters. The first-order chi connectivity index (χ1) is 16.0. The maximum absolute atomic E-state index is 12.3. The molecule has 33 heavy (non-hydrogen) atoms. The van der Waals surface area contributed by atoms with Crippen LogP contribution in [0.15, 0.2) is 66.9 Å². The summed E-state index contributed by atoms with van der Waals surface area (Å²) in [6, 6.07) is 19.5. The van der Waals surface area contributed by atoms with Gasteiger partial charge in [0.1, 0.15) is 0 Å². The molecule has 1 heterocycles. The molecule has 0 unspecified atom stereocenters. The van der Waals surface area contributed by atoms with Gasteiger partial charge in [0.2, 0.25) is 0 Å². The second-order valence-corrected chi connectivity index (χ2v) is 8.76. The molecule has 1 saturated carbocycles. The summed E-state index contributed by atoms with van der Waals surface area (Å²) >= 11 is 0. The Morgan fingerprint density at radius 2 is 1.67 bits per heavy atom. The van der Waals surface area contributed by atoms with E-state index in [0.717, 1.165) is 48.2 Å². The predicted molar refractivity (Wildman–Crippen MR) is 130 cm³/mol. The van der Waals surface area contributed by atoms with E-state index < -0.39 is 5.97 Å². The maximum Gasteiger partial charge on any atom is 0.323 e. The molecule has 0 saturated heterocycles. The van der Waals surface area contributed by atoms with E-state index in [1.54, 1.807) is 6.20 Å². The number of urea groups is 1. The van der Waals surface area contributed by atoms with Gasteiger partial charge in [0.25, 0.3) is 0 Å². The van der Waals surface area contributed by atoms with Crippen LogP contribution in [0.4, 0.5) is 16.2 Å². The van der Waals surface area contributed by atoms with Crippen molar-refractivity contribution in [2.24, 2.45) is 5.92 Å². The van der Waals surface area contributed by atoms with Crippen molar-refractivity contribution in [3.63, 3.8) is 0 Å². The van der Waals surface area contributed by atoms with Crippen LogP contribution in [0.5, 0.6) is 0 Å². The summed E-state index contributed by atoms with van der Waals surface area (Å²) in [6.45, 7) is 1.95. The molecule has 170 valence electrons. The summed E-state index contributed by atoms with van der Waals surface area (Å²) < 4.78 is 0. The number of aryl methyl sites for hydroxylation is 1. The quantitative estimate of drug-likeness (QED) is 0.408. The van der Waals surface area contributed by atoms with Gasteiger partial charge in [-0.2, -0.15) is 0 Å². The molecule has 0 radical (unpaired) electrons. The molecule has 2 aromatic carbocycles. The van der Waals surface area contributed by atoms with E-state index in [0.29, 0.717) is 17.5 Å². The number of carboxylic acids is 1. The van der Waals surface area contributed by atoms with Gasteiger partial charge in [-0.15, -0.1) is 0 Å². The Morgan fingerprint density at radius 1 is 0.939 bits per heavy atom. The summed E-state index contributed by atoms with van der Waals surface area (Å²) in [5.74, 6) is 0.118. The lowest BCUT2D eigenvalue weighted by Crippen LogP contribution is -2.20. The molecule has 1 aliphatic rings. The number of nitrogens with one attached hydrogen (secondary N) is 2. The van der Waals surface area contributed by atoms with Gasteiger partial charge < -0.3 is 15.7 Å². The topological polar surface area (TPSA) is 91.3 Å². The van der Waals surface area contributed by atoms with E-state index in [4.69, 9.17) is 5.11 Å². The molecule has 0 bridgehead atoms. The average Bonchev–Trinajstić information content (AvgIpc) is 2.81. The van der Waals surface area contributed by atoms with Crippen LogP contribution in [-0.4, -0.2) is 22.1 Å². The summed E-state index contributed by atoms with van der Waals surface area (Å²) in [7, 11) is 0. The molecular weight excluding hydrogens is 414 g/mol. The van der Waals surface area contributed by atoms with E-state index in [-0.39, 0.29) is 12.5 Å². The molecule has 2 amide bonds. The fourth-order valence-electron chi connectivity index (χ4n) is 4.51. The third kappa shape index (κ3) is 5.98. The van der Waals surface area contributed by atoms with Crippen LogP contribution in [-0.2, 0) is 4.79 Å². The minimum Gasteiger partial charge on any atom is -0.481 e. The smallest absolute Gasteiger partial charge is 0.323 e. The predicted octanol–water partition coefficient (Wildman–Crippen LogP) is 6.45. The second kappa shape index (κ2) is 10.3. The fourth-order valence-corrected chi connectivity index (χ4v) is 4.51. The highest BCUT2D eigenvalue weighted by Crippen LogP contribution is 2.37. The number of anilines is 2. The maximum atomic E-state index is 12.3. The lowest BCUT2D eigenvalue weighted by Gasteiger charge is -2.28. The number of hydrogen-bond acceptors (Lipinski definition) is 3. The monoisotopic (exact) mass is 443 g/mol. The number of aromatic nitrogens is 1. The normalized spacial score (nSPS) is 17.8. The van der Waals surface area contributed by atoms with Crippen molar-refractivity contribution in [3.05, 3.63) is 78.0 Å². The van der Waals surface area contributed by atoms with Crippen LogP contribution in [0.3, 0.4) is 0 Å². The van der Waals surface area contributed by atoms with Crippen LogP contribution in [0.2, 0.25) is 0 Å². The van der Waals surface area contributed by atoms with Gasteiger partial charge in [0.15, 0.2) is 0 Å². The van der Waals surface area contributed by atoms with Gasteiger partial charge in [-0.25, -0.2) is 4.79 Å². The number of benzene rings is 2. The summed E-state index contributed by atoms with van der Waals surface area (Å²) in [6.07, 6.45) is 5.99. The van der Waals surface area contributed by atoms with Crippen molar-refractivity contribution in [2.75, 3.05) is 10.6 Å². The zero-order valence-corrected chi connectivity index (χ0v) is 18.8. The third-order valence-corrected chi connectivity index (χ3v) is 6.40. The number of carbonyl (C=O) groups is 2. The van der Waals surface area contributed by atoms with Gasteiger partial charge in [-0.3, -0.25) is 9.78 Å². The number of carbonyl (C=O) groups excluding carboxylic acids is 1. The molecule has 0 aliphatic heterocycles. The Kier molecular flexibility index (Phi) is 7.03. The minimum atomic E-state index is -0.691. The number of rotatable bonds is 6. The molecular formula is C27H29N3O3. The molecule has 6 heteroatoms. The second-order valence-electron chi connectivity index (χ2n) is 8.76. The largest absolute Gasteiger partial charge is 0.481 e. The van der Waals surface area contributed by atoms with Gasteiger partial charge in [0.05, 0.1) is 17.6 Å². The van der Waals surface area contributed by atoms with Crippen LogP contribution in [0.1, 0.15) is 49.1 Å². The average molecular weight is 444 g/mol. The number of para-hydroxylation sites is 1. The molecule has 3 N–H and O–H groups in total. The van der Waals surface area contributed by atoms with E-state index in [9.17, 15) is 9.59 Å². The highest BCUT2D eigenvalue weighted by atomic mass is 16.4. The van der Waals surface area contributed by atoms with Crippen molar-refractivity contribution in [1.29, 1.82) is 0 Å². The van der Waals surface area contributed by atoms with Gasteiger partial charge >= 0.3 is 12.0 Å². The Balaban J connectivity index is 1.33.